The molecule has 0 aromatic carbocycles. The minimum absolute atomic E-state index is 0.0892. The second-order valence-corrected chi connectivity index (χ2v) is 4.21. The van der Waals surface area contributed by atoms with Crippen molar-refractivity contribution < 1.29 is 9.53 Å². The van der Waals surface area contributed by atoms with Crippen LogP contribution in [-0.4, -0.2) is 39.3 Å². The monoisotopic (exact) mass is 214 g/mol. The van der Waals surface area contributed by atoms with Crippen molar-refractivity contribution in [1.29, 1.82) is 0 Å². The van der Waals surface area contributed by atoms with E-state index in [-0.39, 0.29) is 5.91 Å². The Hall–Kier alpha value is -0.610. The molecule has 0 aromatic rings. The number of hydrogen-bond acceptors (Lipinski definition) is 3. The number of likely N-dealkylation sites (N-methyl/N-ethyl adjacent to an activating group) is 1. The summed E-state index contributed by atoms with van der Waals surface area (Å²) in [4.78, 5) is 11.2. The van der Waals surface area contributed by atoms with E-state index < -0.39 is 0 Å². The maximum atomic E-state index is 11.2. The summed E-state index contributed by atoms with van der Waals surface area (Å²) in [7, 11) is 3.56. The molecule has 0 bridgehead atoms. The normalized spacial score (nSPS) is 26.3. The van der Waals surface area contributed by atoms with Crippen molar-refractivity contribution in [3.63, 3.8) is 0 Å². The van der Waals surface area contributed by atoms with Gasteiger partial charge in [0.25, 0.3) is 0 Å². The molecule has 0 heterocycles. The van der Waals surface area contributed by atoms with Gasteiger partial charge in [0.2, 0.25) is 5.91 Å². The number of carbonyl (C=O) groups excluding carboxylic acids is 1. The largest absolute Gasteiger partial charge is 0.381 e. The number of carbonyl (C=O) groups is 1. The van der Waals surface area contributed by atoms with Crippen molar-refractivity contribution in [2.75, 3.05) is 27.2 Å². The standard InChI is InChI=1S/C11H22N2O2/c1-12-8-11(14)13-7-9-3-5-10(15-2)6-4-9/h9-10,12H,3-8H2,1-2H3,(H,13,14). The lowest BCUT2D eigenvalue weighted by atomic mass is 9.87. The highest BCUT2D eigenvalue weighted by molar-refractivity contribution is 5.77. The van der Waals surface area contributed by atoms with Crippen molar-refractivity contribution in [1.82, 2.24) is 10.6 Å². The molecule has 0 aliphatic heterocycles. The zero-order valence-corrected chi connectivity index (χ0v) is 9.71. The molecule has 4 heteroatoms. The summed E-state index contributed by atoms with van der Waals surface area (Å²) in [6.45, 7) is 1.23. The van der Waals surface area contributed by atoms with E-state index in [0.29, 0.717) is 18.6 Å². The molecular weight excluding hydrogens is 192 g/mol. The van der Waals surface area contributed by atoms with Crippen molar-refractivity contribution in [2.24, 2.45) is 5.92 Å². The zero-order valence-electron chi connectivity index (χ0n) is 9.71. The third-order valence-electron chi connectivity index (χ3n) is 3.05. The Bertz CT molecular complexity index is 189. The van der Waals surface area contributed by atoms with E-state index in [1.54, 1.807) is 14.2 Å². The van der Waals surface area contributed by atoms with Gasteiger partial charge in [-0.1, -0.05) is 0 Å². The van der Waals surface area contributed by atoms with E-state index in [1.807, 2.05) is 0 Å². The van der Waals surface area contributed by atoms with Crippen LogP contribution in [-0.2, 0) is 9.53 Å². The third-order valence-corrected chi connectivity index (χ3v) is 3.05. The molecule has 1 aliphatic carbocycles. The summed E-state index contributed by atoms with van der Waals surface area (Å²) in [5, 5.41) is 5.78. The quantitative estimate of drug-likeness (QED) is 0.702. The summed E-state index contributed by atoms with van der Waals surface area (Å²) in [6.07, 6.45) is 5.03. The second-order valence-electron chi connectivity index (χ2n) is 4.21. The Morgan fingerprint density at radius 3 is 2.53 bits per heavy atom. The van der Waals surface area contributed by atoms with Crippen LogP contribution in [0.3, 0.4) is 0 Å². The van der Waals surface area contributed by atoms with Gasteiger partial charge >= 0.3 is 0 Å². The summed E-state index contributed by atoms with van der Waals surface area (Å²) in [6, 6.07) is 0. The summed E-state index contributed by atoms with van der Waals surface area (Å²) < 4.78 is 5.31. The van der Waals surface area contributed by atoms with Crippen LogP contribution in [0, 0.1) is 5.92 Å². The number of ether oxygens (including phenoxy) is 1. The van der Waals surface area contributed by atoms with Gasteiger partial charge in [0.1, 0.15) is 0 Å². The molecule has 88 valence electrons. The molecule has 1 aliphatic rings. The predicted molar refractivity (Wildman–Crippen MR) is 59.7 cm³/mol. The van der Waals surface area contributed by atoms with Gasteiger partial charge in [0.15, 0.2) is 0 Å². The van der Waals surface area contributed by atoms with Crippen LogP contribution in [0.2, 0.25) is 0 Å². The lowest BCUT2D eigenvalue weighted by Crippen LogP contribution is -2.36. The SMILES string of the molecule is CNCC(=O)NCC1CCC(OC)CC1. The zero-order chi connectivity index (χ0) is 11.1. The molecule has 0 aromatic heterocycles. The number of nitrogens with one attached hydrogen (secondary N) is 2. The summed E-state index contributed by atoms with van der Waals surface area (Å²) in [5.74, 6) is 0.726. The molecule has 0 atom stereocenters. The lowest BCUT2D eigenvalue weighted by Gasteiger charge is -2.27. The number of methoxy groups -OCH3 is 1. The Morgan fingerprint density at radius 1 is 1.33 bits per heavy atom. The van der Waals surface area contributed by atoms with E-state index >= 15 is 0 Å². The molecule has 2 N–H and O–H groups in total. The van der Waals surface area contributed by atoms with Crippen LogP contribution in [0.15, 0.2) is 0 Å². The number of hydrogen-bond donors (Lipinski definition) is 2. The first-order valence-electron chi connectivity index (χ1n) is 5.70. The van der Waals surface area contributed by atoms with Crippen LogP contribution in [0.1, 0.15) is 25.7 Å². The maximum Gasteiger partial charge on any atom is 0.233 e. The Kier molecular flexibility index (Phi) is 5.65. The topological polar surface area (TPSA) is 50.4 Å². The summed E-state index contributed by atoms with van der Waals surface area (Å²) >= 11 is 0. The third kappa shape index (κ3) is 4.62. The molecule has 4 nitrogen and oxygen atoms in total. The van der Waals surface area contributed by atoms with Gasteiger partial charge in [-0.2, -0.15) is 0 Å². The first-order chi connectivity index (χ1) is 7.26. The van der Waals surface area contributed by atoms with E-state index in [9.17, 15) is 4.79 Å². The molecule has 1 saturated carbocycles. The van der Waals surface area contributed by atoms with E-state index in [0.717, 1.165) is 19.4 Å². The molecule has 15 heavy (non-hydrogen) atoms. The van der Waals surface area contributed by atoms with E-state index in [1.165, 1.54) is 12.8 Å². The van der Waals surface area contributed by atoms with E-state index in [2.05, 4.69) is 10.6 Å². The minimum atomic E-state index is 0.0892. The van der Waals surface area contributed by atoms with Gasteiger partial charge in [0, 0.05) is 13.7 Å². The Labute approximate surface area is 91.8 Å². The van der Waals surface area contributed by atoms with Gasteiger partial charge in [0.05, 0.1) is 12.6 Å². The highest BCUT2D eigenvalue weighted by Crippen LogP contribution is 2.25. The highest BCUT2D eigenvalue weighted by Gasteiger charge is 2.20. The first-order valence-corrected chi connectivity index (χ1v) is 5.70. The maximum absolute atomic E-state index is 11.2. The molecule has 0 radical (unpaired) electrons. The highest BCUT2D eigenvalue weighted by atomic mass is 16.5. The van der Waals surface area contributed by atoms with Crippen LogP contribution < -0.4 is 10.6 Å². The summed E-state index contributed by atoms with van der Waals surface area (Å²) in [5.41, 5.74) is 0. The minimum Gasteiger partial charge on any atom is -0.381 e. The van der Waals surface area contributed by atoms with Gasteiger partial charge < -0.3 is 15.4 Å². The molecule has 1 fully saturated rings. The average molecular weight is 214 g/mol. The smallest absolute Gasteiger partial charge is 0.233 e. The Morgan fingerprint density at radius 2 is 2.00 bits per heavy atom. The fraction of sp³-hybridized carbons (Fsp3) is 0.909. The van der Waals surface area contributed by atoms with Crippen LogP contribution in [0.5, 0.6) is 0 Å². The predicted octanol–water partition coefficient (Wildman–Crippen LogP) is 0.527. The fourth-order valence-corrected chi connectivity index (χ4v) is 2.05. The van der Waals surface area contributed by atoms with Crippen molar-refractivity contribution in [3.8, 4) is 0 Å². The molecule has 0 spiro atoms. The van der Waals surface area contributed by atoms with Crippen LogP contribution in [0.4, 0.5) is 0 Å². The average Bonchev–Trinajstić information content (AvgIpc) is 2.27. The molecular formula is C11H22N2O2. The van der Waals surface area contributed by atoms with Gasteiger partial charge in [-0.15, -0.1) is 0 Å². The fourth-order valence-electron chi connectivity index (χ4n) is 2.05. The van der Waals surface area contributed by atoms with Crippen LogP contribution in [0.25, 0.3) is 0 Å². The first kappa shape index (κ1) is 12.5. The van der Waals surface area contributed by atoms with Crippen molar-refractivity contribution in [3.05, 3.63) is 0 Å². The second kappa shape index (κ2) is 6.80. The van der Waals surface area contributed by atoms with Gasteiger partial charge in [-0.3, -0.25) is 4.79 Å². The van der Waals surface area contributed by atoms with Crippen molar-refractivity contribution >= 4 is 5.91 Å². The Balaban J connectivity index is 2.10. The van der Waals surface area contributed by atoms with Gasteiger partial charge in [-0.25, -0.2) is 0 Å². The lowest BCUT2D eigenvalue weighted by molar-refractivity contribution is -0.120. The number of amides is 1. The van der Waals surface area contributed by atoms with Crippen LogP contribution >= 0.6 is 0 Å². The number of rotatable bonds is 5. The van der Waals surface area contributed by atoms with E-state index in [4.69, 9.17) is 4.74 Å². The van der Waals surface area contributed by atoms with Crippen molar-refractivity contribution in [2.45, 2.75) is 31.8 Å². The van der Waals surface area contributed by atoms with Gasteiger partial charge in [-0.05, 0) is 38.6 Å². The molecule has 1 amide bonds. The molecule has 0 unspecified atom stereocenters. The molecule has 1 rings (SSSR count). The molecule has 0 saturated heterocycles.